The maximum absolute atomic E-state index is 2.59. The highest BCUT2D eigenvalue weighted by molar-refractivity contribution is 6.01. The minimum Gasteiger partial charge on any atom is -0.309 e. The van der Waals surface area contributed by atoms with E-state index in [0.717, 1.165) is 39.3 Å². The lowest BCUT2D eigenvalue weighted by atomic mass is 9.67. The van der Waals surface area contributed by atoms with Gasteiger partial charge < -0.3 is 4.90 Å². The Bertz CT molecular complexity index is 3490. The second-order valence-corrected chi connectivity index (χ2v) is 18.3. The molecule has 324 valence electrons. The van der Waals surface area contributed by atoms with Crippen LogP contribution in [0.15, 0.2) is 285 Å². The molecule has 0 heterocycles. The van der Waals surface area contributed by atoms with Gasteiger partial charge in [-0.25, -0.2) is 0 Å². The fourth-order valence-corrected chi connectivity index (χ4v) is 12.1. The summed E-state index contributed by atoms with van der Waals surface area (Å²) in [4.78, 5) is 2.59. The van der Waals surface area contributed by atoms with E-state index in [2.05, 4.69) is 290 Å². The normalized spacial score (nSPS) is 13.4. The van der Waals surface area contributed by atoms with E-state index in [1.165, 1.54) is 66.8 Å². The number of benzene rings is 11. The first-order valence-electron chi connectivity index (χ1n) is 24.0. The maximum atomic E-state index is 2.59. The monoisotopic (exact) mass is 877 g/mol. The molecule has 0 spiro atoms. The van der Waals surface area contributed by atoms with Gasteiger partial charge in [0.1, 0.15) is 0 Å². The molecule has 1 nitrogen and oxygen atoms in total. The molecule has 0 unspecified atom stereocenters. The van der Waals surface area contributed by atoms with Crippen molar-refractivity contribution < 1.29 is 0 Å². The van der Waals surface area contributed by atoms with E-state index < -0.39 is 10.8 Å². The highest BCUT2D eigenvalue weighted by atomic mass is 15.2. The van der Waals surface area contributed by atoms with Crippen molar-refractivity contribution in [1.29, 1.82) is 0 Å². The van der Waals surface area contributed by atoms with Gasteiger partial charge in [-0.05, 0) is 90.5 Å². The van der Waals surface area contributed by atoms with E-state index in [0.29, 0.717) is 0 Å². The quantitative estimate of drug-likeness (QED) is 0.140. The van der Waals surface area contributed by atoms with Crippen molar-refractivity contribution in [2.75, 3.05) is 4.90 Å². The number of nitrogens with zero attached hydrogens (tertiary/aromatic N) is 1. The van der Waals surface area contributed by atoms with Crippen LogP contribution in [0, 0.1) is 0 Å². The Labute approximate surface area is 404 Å². The fourth-order valence-electron chi connectivity index (χ4n) is 12.1. The van der Waals surface area contributed by atoms with Gasteiger partial charge in [0.25, 0.3) is 0 Å². The summed E-state index contributed by atoms with van der Waals surface area (Å²) in [6.45, 7) is 0. The Morgan fingerprint density at radius 2 is 0.565 bits per heavy atom. The topological polar surface area (TPSA) is 3.24 Å². The third-order valence-electron chi connectivity index (χ3n) is 14.8. The lowest BCUT2D eigenvalue weighted by Crippen LogP contribution is -2.31. The summed E-state index contributed by atoms with van der Waals surface area (Å²) in [7, 11) is 0. The van der Waals surface area contributed by atoms with Crippen LogP contribution in [0.3, 0.4) is 0 Å². The summed E-state index contributed by atoms with van der Waals surface area (Å²) in [6, 6.07) is 106. The SMILES string of the molecule is c1ccc(-c2cccc(-c3ccccc3)c2N(c2ccc(C3(c4ccccc4)c4ccccc4-c4ccccc43)cc2)c2cccc3c2C(c2ccccc2)(c2ccccc2)c2ccccc2-3)cc1. The molecule has 0 amide bonds. The molecule has 69 heavy (non-hydrogen) atoms. The largest absolute Gasteiger partial charge is 0.309 e. The zero-order chi connectivity index (χ0) is 45.8. The van der Waals surface area contributed by atoms with Crippen LogP contribution < -0.4 is 4.90 Å². The van der Waals surface area contributed by atoms with Gasteiger partial charge in [-0.1, -0.05) is 267 Å². The summed E-state index contributed by atoms with van der Waals surface area (Å²) < 4.78 is 0. The Hall–Kier alpha value is -8.78. The van der Waals surface area contributed by atoms with E-state index in [9.17, 15) is 0 Å². The van der Waals surface area contributed by atoms with E-state index in [1.807, 2.05) is 0 Å². The average molecular weight is 878 g/mol. The van der Waals surface area contributed by atoms with Crippen molar-refractivity contribution in [3.63, 3.8) is 0 Å². The summed E-state index contributed by atoms with van der Waals surface area (Å²) in [5, 5.41) is 0. The highest BCUT2D eigenvalue weighted by Crippen LogP contribution is 2.62. The van der Waals surface area contributed by atoms with Gasteiger partial charge in [0.2, 0.25) is 0 Å². The van der Waals surface area contributed by atoms with Crippen molar-refractivity contribution in [3.05, 3.63) is 330 Å². The van der Waals surface area contributed by atoms with Crippen molar-refractivity contribution >= 4 is 17.1 Å². The first kappa shape index (κ1) is 40.5. The van der Waals surface area contributed by atoms with Crippen molar-refractivity contribution in [2.45, 2.75) is 10.8 Å². The molecule has 11 aromatic rings. The van der Waals surface area contributed by atoms with Crippen LogP contribution in [-0.4, -0.2) is 0 Å². The fraction of sp³-hybridized carbons (Fsp3) is 0.0294. The first-order chi connectivity index (χ1) is 34.3. The van der Waals surface area contributed by atoms with Crippen molar-refractivity contribution in [2.24, 2.45) is 0 Å². The summed E-state index contributed by atoms with van der Waals surface area (Å²) in [5.41, 5.74) is 21.9. The average Bonchev–Trinajstić information content (AvgIpc) is 3.92. The van der Waals surface area contributed by atoms with Gasteiger partial charge in [-0.3, -0.25) is 0 Å². The van der Waals surface area contributed by atoms with Crippen LogP contribution in [0.4, 0.5) is 17.1 Å². The van der Waals surface area contributed by atoms with Gasteiger partial charge in [0.05, 0.1) is 22.2 Å². The molecule has 2 aliphatic carbocycles. The molecule has 13 rings (SSSR count). The molecular formula is C68H47N. The molecule has 0 radical (unpaired) electrons. The van der Waals surface area contributed by atoms with E-state index in [4.69, 9.17) is 0 Å². The summed E-state index contributed by atoms with van der Waals surface area (Å²) >= 11 is 0. The number of hydrogen-bond acceptors (Lipinski definition) is 1. The van der Waals surface area contributed by atoms with E-state index >= 15 is 0 Å². The zero-order valence-corrected chi connectivity index (χ0v) is 38.1. The Morgan fingerprint density at radius 3 is 1.04 bits per heavy atom. The molecule has 0 aliphatic heterocycles. The molecule has 0 N–H and O–H groups in total. The number of hydrogen-bond donors (Lipinski definition) is 0. The third kappa shape index (κ3) is 6.10. The summed E-state index contributed by atoms with van der Waals surface area (Å²) in [5.74, 6) is 0. The van der Waals surface area contributed by atoms with Crippen molar-refractivity contribution in [1.82, 2.24) is 0 Å². The minimum absolute atomic E-state index is 0.527. The lowest BCUT2D eigenvalue weighted by molar-refractivity contribution is 0.766. The first-order valence-corrected chi connectivity index (χ1v) is 24.0. The Morgan fingerprint density at radius 1 is 0.232 bits per heavy atom. The smallest absolute Gasteiger partial charge is 0.0734 e. The number of rotatable bonds is 9. The Balaban J connectivity index is 1.15. The van der Waals surface area contributed by atoms with Crippen LogP contribution in [0.25, 0.3) is 44.5 Å². The molecule has 0 saturated carbocycles. The molecule has 0 bridgehead atoms. The number of fused-ring (bicyclic) bond motifs is 6. The van der Waals surface area contributed by atoms with Gasteiger partial charge in [-0.15, -0.1) is 0 Å². The van der Waals surface area contributed by atoms with Crippen LogP contribution in [-0.2, 0) is 10.8 Å². The van der Waals surface area contributed by atoms with Crippen LogP contribution in [0.2, 0.25) is 0 Å². The predicted octanol–water partition coefficient (Wildman–Crippen LogP) is 17.2. The molecule has 0 fully saturated rings. The molecule has 0 atom stereocenters. The molecule has 11 aromatic carbocycles. The highest BCUT2D eigenvalue weighted by Gasteiger charge is 2.49. The van der Waals surface area contributed by atoms with Gasteiger partial charge in [-0.2, -0.15) is 0 Å². The van der Waals surface area contributed by atoms with Gasteiger partial charge in [0, 0.05) is 22.4 Å². The molecule has 1 heteroatoms. The van der Waals surface area contributed by atoms with Crippen LogP contribution in [0.1, 0.15) is 44.5 Å². The van der Waals surface area contributed by atoms with Crippen LogP contribution in [0.5, 0.6) is 0 Å². The maximum Gasteiger partial charge on any atom is 0.0734 e. The zero-order valence-electron chi connectivity index (χ0n) is 38.1. The lowest BCUT2D eigenvalue weighted by Gasteiger charge is -2.39. The number of para-hydroxylation sites is 1. The van der Waals surface area contributed by atoms with Gasteiger partial charge in [0.15, 0.2) is 0 Å². The van der Waals surface area contributed by atoms with E-state index in [1.54, 1.807) is 0 Å². The standard InChI is InChI=1S/C68H47N/c1-6-24-48(25-7-1)55-37-22-38-56(49-26-8-2-9-27-49)66(55)69(54-46-44-53(45-47-54)67(50-28-10-3-11-29-50)61-40-19-16-34-57(61)58-35-17-20-41-62(58)67)64-43-23-39-60-59-36-18-21-42-63(59)68(65(60)64,51-30-12-4-13-31-51)52-32-14-5-15-33-52/h1-47H. The minimum atomic E-state index is -0.646. The van der Waals surface area contributed by atoms with Crippen molar-refractivity contribution in [3.8, 4) is 44.5 Å². The molecule has 0 saturated heterocycles. The second-order valence-electron chi connectivity index (χ2n) is 18.3. The summed E-state index contributed by atoms with van der Waals surface area (Å²) in [6.07, 6.45) is 0. The third-order valence-corrected chi connectivity index (χ3v) is 14.8. The van der Waals surface area contributed by atoms with Gasteiger partial charge >= 0.3 is 0 Å². The van der Waals surface area contributed by atoms with Crippen LogP contribution >= 0.6 is 0 Å². The molecule has 0 aromatic heterocycles. The second kappa shape index (κ2) is 16.5. The predicted molar refractivity (Wildman–Crippen MR) is 287 cm³/mol. The number of anilines is 3. The molecule has 2 aliphatic rings. The Kier molecular flexibility index (Phi) is 9.70. The molecular weight excluding hydrogens is 831 g/mol. The van der Waals surface area contributed by atoms with E-state index in [-0.39, 0.29) is 0 Å².